The number of carbonyl (C=O) groups excluding carboxylic acids is 2. The summed E-state index contributed by atoms with van der Waals surface area (Å²) in [5.74, 6) is -2.17. The molecule has 3 unspecified atom stereocenters. The number of carboxylic acids is 1. The second-order valence-electron chi connectivity index (χ2n) is 12.7. The molecule has 4 rings (SSSR count). The molecule has 3 atom stereocenters. The second kappa shape index (κ2) is 18.4. The highest BCUT2D eigenvalue weighted by Crippen LogP contribution is 2.42. The van der Waals surface area contributed by atoms with E-state index in [1.807, 2.05) is 12.3 Å². The number of aliphatic carboxylic acids is 1. The van der Waals surface area contributed by atoms with Crippen molar-refractivity contribution in [3.8, 4) is 11.5 Å². The Morgan fingerprint density at radius 2 is 1.78 bits per heavy atom. The maximum absolute atomic E-state index is 14.2. The average molecular weight is 727 g/mol. The van der Waals surface area contributed by atoms with Gasteiger partial charge in [-0.15, -0.1) is 11.8 Å². The van der Waals surface area contributed by atoms with Crippen molar-refractivity contribution in [3.63, 3.8) is 0 Å². The van der Waals surface area contributed by atoms with E-state index < -0.39 is 47.5 Å². The van der Waals surface area contributed by atoms with Crippen molar-refractivity contribution < 1.29 is 33.5 Å². The predicted octanol–water partition coefficient (Wildman–Crippen LogP) is 6.12. The number of amides is 2. The summed E-state index contributed by atoms with van der Waals surface area (Å²) in [5, 5.41) is 24.4. The molecule has 1 aliphatic carbocycles. The molecule has 0 bridgehead atoms. The molecular formula is C37H50N4O7S2. The van der Waals surface area contributed by atoms with Gasteiger partial charge in [-0.25, -0.2) is 13.7 Å². The minimum absolute atomic E-state index is 0.0259. The molecule has 50 heavy (non-hydrogen) atoms. The number of carboxylic acid groups (broad SMARTS) is 1. The Morgan fingerprint density at radius 1 is 1.08 bits per heavy atom. The fraction of sp³-hybridized carbons (Fsp3) is 0.486. The maximum atomic E-state index is 14.2. The van der Waals surface area contributed by atoms with Crippen molar-refractivity contribution in [2.24, 2.45) is 0 Å². The van der Waals surface area contributed by atoms with Gasteiger partial charge in [0.2, 0.25) is 5.91 Å². The second-order valence-corrected chi connectivity index (χ2v) is 14.8. The minimum atomic E-state index is -1.57. The molecule has 2 aromatic carbocycles. The van der Waals surface area contributed by atoms with Gasteiger partial charge in [0.1, 0.15) is 34.6 Å². The summed E-state index contributed by atoms with van der Waals surface area (Å²) in [5.41, 5.74) is 2.01. The maximum Gasteiger partial charge on any atom is 0.326 e. The summed E-state index contributed by atoms with van der Waals surface area (Å²) in [4.78, 5) is 41.8. The summed E-state index contributed by atoms with van der Waals surface area (Å²) in [6, 6.07) is 7.08. The van der Waals surface area contributed by atoms with Gasteiger partial charge >= 0.3 is 5.97 Å². The first kappa shape index (κ1) is 39.0. The number of ether oxygens (including phenoxy) is 1. The lowest BCUT2D eigenvalue weighted by molar-refractivity contribution is -0.142. The lowest BCUT2D eigenvalue weighted by Crippen LogP contribution is -2.52. The molecule has 1 aliphatic heterocycles. The number of phenolic OH excluding ortho intramolecular Hbond substituents is 1. The third-order valence-electron chi connectivity index (χ3n) is 9.04. The number of anilines is 1. The molecule has 13 heteroatoms. The zero-order valence-electron chi connectivity index (χ0n) is 29.3. The van der Waals surface area contributed by atoms with Gasteiger partial charge in [-0.05, 0) is 68.2 Å². The Balaban J connectivity index is 1.63. The molecule has 2 aromatic rings. The smallest absolute Gasteiger partial charge is 0.326 e. The van der Waals surface area contributed by atoms with E-state index in [1.165, 1.54) is 41.7 Å². The Morgan fingerprint density at radius 3 is 2.36 bits per heavy atom. The molecule has 1 heterocycles. The SMILES string of the molecule is CCCCC1(CCCC)CN(C2=CC=CCC2)c2cc(SC)c(OCC(=O)NC(C(=O)NC(CC)C(=O)O)c3ccc(O)cc3)cc2S(=O)N1. The number of thioether (sulfide) groups is 1. The van der Waals surface area contributed by atoms with Gasteiger partial charge in [-0.1, -0.05) is 70.7 Å². The number of nitrogens with one attached hydrogen (secondary N) is 3. The number of fused-ring (bicyclic) bond motifs is 1. The number of unbranched alkanes of at least 4 members (excludes halogenated alkanes) is 2. The molecule has 2 amide bonds. The number of carbonyl (C=O) groups is 3. The van der Waals surface area contributed by atoms with Crippen LogP contribution in [0.1, 0.15) is 90.2 Å². The van der Waals surface area contributed by atoms with Crippen molar-refractivity contribution in [3.05, 3.63) is 65.9 Å². The van der Waals surface area contributed by atoms with Gasteiger partial charge in [0.05, 0.1) is 15.5 Å². The summed E-state index contributed by atoms with van der Waals surface area (Å²) in [6.45, 7) is 6.20. The first-order valence-electron chi connectivity index (χ1n) is 17.3. The van der Waals surface area contributed by atoms with E-state index in [-0.39, 0.29) is 17.7 Å². The number of allylic oxidation sites excluding steroid dienone is 4. The third kappa shape index (κ3) is 9.91. The Bertz CT molecular complexity index is 1590. The van der Waals surface area contributed by atoms with E-state index >= 15 is 0 Å². The van der Waals surface area contributed by atoms with Gasteiger partial charge in [0.25, 0.3) is 5.91 Å². The van der Waals surface area contributed by atoms with Crippen molar-refractivity contribution in [2.75, 3.05) is 24.3 Å². The van der Waals surface area contributed by atoms with E-state index in [2.05, 4.69) is 52.3 Å². The molecule has 5 N–H and O–H groups in total. The van der Waals surface area contributed by atoms with Crippen LogP contribution >= 0.6 is 11.8 Å². The summed E-state index contributed by atoms with van der Waals surface area (Å²) in [6.07, 6.45) is 16.1. The monoisotopic (exact) mass is 726 g/mol. The quantitative estimate of drug-likeness (QED) is 0.121. The van der Waals surface area contributed by atoms with Crippen molar-refractivity contribution in [1.29, 1.82) is 0 Å². The summed E-state index contributed by atoms with van der Waals surface area (Å²) in [7, 11) is -1.57. The lowest BCUT2D eigenvalue weighted by Gasteiger charge is -2.39. The van der Waals surface area contributed by atoms with Crippen molar-refractivity contribution in [1.82, 2.24) is 15.4 Å². The number of hydrogen-bond acceptors (Lipinski definition) is 8. The van der Waals surface area contributed by atoms with Gasteiger partial charge in [-0.3, -0.25) is 9.59 Å². The van der Waals surface area contributed by atoms with Crippen molar-refractivity contribution >= 4 is 46.2 Å². The predicted molar refractivity (Wildman–Crippen MR) is 198 cm³/mol. The van der Waals surface area contributed by atoms with E-state index in [0.29, 0.717) is 22.8 Å². The van der Waals surface area contributed by atoms with Crippen LogP contribution in [0.4, 0.5) is 5.69 Å². The molecule has 0 saturated heterocycles. The van der Waals surface area contributed by atoms with Gasteiger partial charge in [0.15, 0.2) is 6.61 Å². The Labute approximate surface area is 301 Å². The Kier molecular flexibility index (Phi) is 14.4. The van der Waals surface area contributed by atoms with Gasteiger partial charge in [-0.2, -0.15) is 0 Å². The molecule has 0 fully saturated rings. The molecular weight excluding hydrogens is 677 g/mol. The number of phenols is 1. The summed E-state index contributed by atoms with van der Waals surface area (Å²) < 4.78 is 23.8. The first-order chi connectivity index (χ1) is 24.0. The topological polar surface area (TPSA) is 157 Å². The van der Waals surface area contributed by atoms with Crippen LogP contribution in [-0.2, 0) is 25.4 Å². The number of rotatable bonds is 17. The Hall–Kier alpha value is -3.81. The zero-order valence-corrected chi connectivity index (χ0v) is 31.0. The molecule has 2 aliphatic rings. The molecule has 0 aromatic heterocycles. The normalized spacial score (nSPS) is 17.9. The van der Waals surface area contributed by atoms with Crippen LogP contribution in [0, 0.1) is 0 Å². The molecule has 11 nitrogen and oxygen atoms in total. The zero-order chi connectivity index (χ0) is 36.3. The average Bonchev–Trinajstić information content (AvgIpc) is 3.24. The third-order valence-corrected chi connectivity index (χ3v) is 11.1. The van der Waals surface area contributed by atoms with E-state index in [0.717, 1.165) is 61.9 Å². The van der Waals surface area contributed by atoms with Crippen LogP contribution < -0.4 is 25.0 Å². The van der Waals surface area contributed by atoms with Gasteiger partial charge < -0.3 is 30.5 Å². The van der Waals surface area contributed by atoms with E-state index in [4.69, 9.17) is 4.74 Å². The number of nitrogens with zero attached hydrogens (tertiary/aromatic N) is 1. The molecule has 0 saturated carbocycles. The molecule has 272 valence electrons. The standard InChI is InChI=1S/C37H50N4O7S2/c1-5-8-19-37(20-9-6-2)24-41(26-13-11-10-12-14-26)29-21-31(49-4)30(22-32(29)50(47)40-37)48-23-33(43)39-34(25-15-17-27(42)18-16-25)35(44)38-28(7-3)36(45)46/h10-11,13,15-18,21-22,28,34,40,42H,5-9,12,14,19-20,23-24H2,1-4H3,(H,38,44)(H,39,43)(H,45,46). The van der Waals surface area contributed by atoms with Crippen LogP contribution in [0.15, 0.2) is 70.1 Å². The highest BCUT2D eigenvalue weighted by molar-refractivity contribution is 7.98. The fourth-order valence-electron chi connectivity index (χ4n) is 6.23. The summed E-state index contributed by atoms with van der Waals surface area (Å²) >= 11 is 1.45. The minimum Gasteiger partial charge on any atom is -0.508 e. The highest BCUT2D eigenvalue weighted by Gasteiger charge is 2.39. The number of benzene rings is 2. The lowest BCUT2D eigenvalue weighted by atomic mass is 9.87. The number of aromatic hydroxyl groups is 1. The molecule has 0 spiro atoms. The van der Waals surface area contributed by atoms with Crippen LogP contribution in [0.25, 0.3) is 0 Å². The van der Waals surface area contributed by atoms with Crippen LogP contribution in [0.2, 0.25) is 0 Å². The van der Waals surface area contributed by atoms with Crippen LogP contribution in [0.3, 0.4) is 0 Å². The fourth-order valence-corrected chi connectivity index (χ4v) is 8.12. The van der Waals surface area contributed by atoms with E-state index in [9.17, 15) is 28.8 Å². The highest BCUT2D eigenvalue weighted by atomic mass is 32.2. The number of hydrogen-bond donors (Lipinski definition) is 5. The van der Waals surface area contributed by atoms with Crippen LogP contribution in [-0.4, -0.2) is 63.2 Å². The first-order valence-corrected chi connectivity index (χ1v) is 19.7. The van der Waals surface area contributed by atoms with Crippen molar-refractivity contribution in [2.45, 2.75) is 106 Å². The van der Waals surface area contributed by atoms with Crippen LogP contribution in [0.5, 0.6) is 11.5 Å². The van der Waals surface area contributed by atoms with Gasteiger partial charge in [0, 0.05) is 23.8 Å². The largest absolute Gasteiger partial charge is 0.508 e. The van der Waals surface area contributed by atoms with E-state index in [1.54, 1.807) is 13.0 Å². The molecule has 0 radical (unpaired) electrons.